The van der Waals surface area contributed by atoms with Gasteiger partial charge in [0, 0.05) is 12.1 Å². The largest absolute Gasteiger partial charge is 0.487 e. The highest BCUT2D eigenvalue weighted by molar-refractivity contribution is 9.10. The summed E-state index contributed by atoms with van der Waals surface area (Å²) in [5.41, 5.74) is 10.5. The number of hydrogen-bond acceptors (Lipinski definition) is 2. The minimum absolute atomic E-state index is 0.0251. The van der Waals surface area contributed by atoms with Gasteiger partial charge in [0.1, 0.15) is 12.4 Å². The summed E-state index contributed by atoms with van der Waals surface area (Å²) in [7, 11) is 0. The van der Waals surface area contributed by atoms with Gasteiger partial charge in [-0.2, -0.15) is 0 Å². The third kappa shape index (κ3) is 3.90. The average molecular weight is 362 g/mol. The third-order valence-corrected chi connectivity index (χ3v) is 4.30. The van der Waals surface area contributed by atoms with Crippen molar-refractivity contribution in [3.63, 3.8) is 0 Å². The molecule has 2 aromatic rings. The minimum atomic E-state index is 0.0251. The van der Waals surface area contributed by atoms with E-state index in [-0.39, 0.29) is 5.41 Å². The SMILES string of the molecule is Cc1cc(Br)c(OCc2ccccc2CN)c(C(C)(C)C)c1. The van der Waals surface area contributed by atoms with Gasteiger partial charge >= 0.3 is 0 Å². The molecule has 22 heavy (non-hydrogen) atoms. The molecule has 0 spiro atoms. The molecule has 2 N–H and O–H groups in total. The van der Waals surface area contributed by atoms with Crippen molar-refractivity contribution in [3.05, 3.63) is 63.1 Å². The topological polar surface area (TPSA) is 35.2 Å². The van der Waals surface area contributed by atoms with Crippen molar-refractivity contribution in [2.45, 2.75) is 46.3 Å². The molecule has 118 valence electrons. The fourth-order valence-corrected chi connectivity index (χ4v) is 3.17. The molecule has 0 aliphatic carbocycles. The summed E-state index contributed by atoms with van der Waals surface area (Å²) < 4.78 is 7.18. The Morgan fingerprint density at radius 1 is 1.09 bits per heavy atom. The van der Waals surface area contributed by atoms with E-state index in [2.05, 4.69) is 61.8 Å². The van der Waals surface area contributed by atoms with Crippen LogP contribution in [-0.2, 0) is 18.6 Å². The van der Waals surface area contributed by atoms with Crippen LogP contribution in [0.3, 0.4) is 0 Å². The molecule has 0 amide bonds. The number of aryl methyl sites for hydroxylation is 1. The normalized spacial score (nSPS) is 11.5. The molecule has 0 heterocycles. The first-order valence-corrected chi connectivity index (χ1v) is 8.32. The van der Waals surface area contributed by atoms with Crippen LogP contribution in [0.25, 0.3) is 0 Å². The van der Waals surface area contributed by atoms with Crippen molar-refractivity contribution in [2.75, 3.05) is 0 Å². The molecule has 0 aromatic heterocycles. The zero-order valence-electron chi connectivity index (χ0n) is 13.7. The van der Waals surface area contributed by atoms with Gasteiger partial charge in [0.25, 0.3) is 0 Å². The maximum atomic E-state index is 6.18. The standard InChI is InChI=1S/C19H24BrNO/c1-13-9-16(19(2,3)4)18(17(20)10-13)22-12-15-8-6-5-7-14(15)11-21/h5-10H,11-12,21H2,1-4H3. The molecule has 2 aromatic carbocycles. The zero-order chi connectivity index (χ0) is 16.3. The van der Waals surface area contributed by atoms with Crippen LogP contribution in [0.4, 0.5) is 0 Å². The molecule has 0 fully saturated rings. The van der Waals surface area contributed by atoms with Crippen LogP contribution in [0.15, 0.2) is 40.9 Å². The molecular formula is C19H24BrNO. The maximum absolute atomic E-state index is 6.18. The maximum Gasteiger partial charge on any atom is 0.137 e. The van der Waals surface area contributed by atoms with Gasteiger partial charge in [0.15, 0.2) is 0 Å². The lowest BCUT2D eigenvalue weighted by molar-refractivity contribution is 0.294. The van der Waals surface area contributed by atoms with Crippen LogP contribution < -0.4 is 10.5 Å². The predicted octanol–water partition coefficient (Wildman–Crippen LogP) is 5.09. The van der Waals surface area contributed by atoms with E-state index < -0.39 is 0 Å². The van der Waals surface area contributed by atoms with Gasteiger partial charge in [-0.3, -0.25) is 0 Å². The summed E-state index contributed by atoms with van der Waals surface area (Å²) in [6, 6.07) is 12.4. The molecule has 0 saturated carbocycles. The van der Waals surface area contributed by atoms with Gasteiger partial charge < -0.3 is 10.5 Å². The molecule has 0 bridgehead atoms. The first kappa shape index (κ1) is 17.0. The smallest absolute Gasteiger partial charge is 0.137 e. The Kier molecular flexibility index (Phi) is 5.30. The van der Waals surface area contributed by atoms with Crippen molar-refractivity contribution in [3.8, 4) is 5.75 Å². The van der Waals surface area contributed by atoms with Crippen molar-refractivity contribution in [1.29, 1.82) is 0 Å². The Labute approximate surface area is 141 Å². The molecule has 2 rings (SSSR count). The van der Waals surface area contributed by atoms with Crippen molar-refractivity contribution < 1.29 is 4.74 Å². The van der Waals surface area contributed by atoms with E-state index in [0.717, 1.165) is 21.3 Å². The van der Waals surface area contributed by atoms with Crippen molar-refractivity contribution >= 4 is 15.9 Å². The second-order valence-corrected chi connectivity index (χ2v) is 7.49. The van der Waals surface area contributed by atoms with Gasteiger partial charge in [0.05, 0.1) is 4.47 Å². The van der Waals surface area contributed by atoms with Crippen LogP contribution in [0.1, 0.15) is 43.0 Å². The predicted molar refractivity (Wildman–Crippen MR) is 96.2 cm³/mol. The zero-order valence-corrected chi connectivity index (χ0v) is 15.3. The molecule has 0 unspecified atom stereocenters. The van der Waals surface area contributed by atoms with Crippen LogP contribution in [0.2, 0.25) is 0 Å². The first-order valence-electron chi connectivity index (χ1n) is 7.53. The Balaban J connectivity index is 2.34. The molecule has 0 aliphatic rings. The Bertz CT molecular complexity index is 659. The van der Waals surface area contributed by atoms with Crippen LogP contribution >= 0.6 is 15.9 Å². The van der Waals surface area contributed by atoms with Gasteiger partial charge in [-0.25, -0.2) is 0 Å². The molecule has 0 aliphatic heterocycles. The van der Waals surface area contributed by atoms with E-state index in [1.165, 1.54) is 11.1 Å². The lowest BCUT2D eigenvalue weighted by atomic mass is 9.85. The van der Waals surface area contributed by atoms with Crippen LogP contribution in [-0.4, -0.2) is 0 Å². The fraction of sp³-hybridized carbons (Fsp3) is 0.368. The Morgan fingerprint density at radius 2 is 1.73 bits per heavy atom. The summed E-state index contributed by atoms with van der Waals surface area (Å²) in [6.45, 7) is 9.77. The molecule has 2 nitrogen and oxygen atoms in total. The van der Waals surface area contributed by atoms with E-state index >= 15 is 0 Å². The van der Waals surface area contributed by atoms with Crippen molar-refractivity contribution in [1.82, 2.24) is 0 Å². The molecule has 0 saturated heterocycles. The van der Waals surface area contributed by atoms with Crippen LogP contribution in [0, 0.1) is 6.92 Å². The number of halogens is 1. The summed E-state index contributed by atoms with van der Waals surface area (Å²) in [6.07, 6.45) is 0. The Hall–Kier alpha value is -1.32. The lowest BCUT2D eigenvalue weighted by Crippen LogP contribution is -2.14. The third-order valence-electron chi connectivity index (χ3n) is 3.71. The molecule has 0 atom stereocenters. The minimum Gasteiger partial charge on any atom is -0.487 e. The van der Waals surface area contributed by atoms with Gasteiger partial charge in [0.2, 0.25) is 0 Å². The number of benzene rings is 2. The second kappa shape index (κ2) is 6.84. The lowest BCUT2D eigenvalue weighted by Gasteiger charge is -2.25. The number of hydrogen-bond donors (Lipinski definition) is 1. The monoisotopic (exact) mass is 361 g/mol. The molecular weight excluding hydrogens is 338 g/mol. The highest BCUT2D eigenvalue weighted by atomic mass is 79.9. The number of nitrogens with two attached hydrogens (primary N) is 1. The molecule has 3 heteroatoms. The molecule has 0 radical (unpaired) electrons. The second-order valence-electron chi connectivity index (χ2n) is 6.63. The van der Waals surface area contributed by atoms with E-state index in [1.807, 2.05) is 18.2 Å². The Morgan fingerprint density at radius 3 is 2.32 bits per heavy atom. The highest BCUT2D eigenvalue weighted by Crippen LogP contribution is 2.38. The fourth-order valence-electron chi connectivity index (χ4n) is 2.48. The van der Waals surface area contributed by atoms with Gasteiger partial charge in [-0.15, -0.1) is 0 Å². The van der Waals surface area contributed by atoms with Crippen LogP contribution in [0.5, 0.6) is 5.75 Å². The highest BCUT2D eigenvalue weighted by Gasteiger charge is 2.21. The summed E-state index contributed by atoms with van der Waals surface area (Å²) in [5, 5.41) is 0. The van der Waals surface area contributed by atoms with E-state index in [0.29, 0.717) is 13.2 Å². The first-order chi connectivity index (χ1) is 10.3. The van der Waals surface area contributed by atoms with E-state index in [9.17, 15) is 0 Å². The van der Waals surface area contributed by atoms with Gasteiger partial charge in [-0.1, -0.05) is 51.1 Å². The van der Waals surface area contributed by atoms with E-state index in [1.54, 1.807) is 0 Å². The quantitative estimate of drug-likeness (QED) is 0.822. The number of rotatable bonds is 4. The summed E-state index contributed by atoms with van der Waals surface area (Å²) in [4.78, 5) is 0. The number of ether oxygens (including phenoxy) is 1. The van der Waals surface area contributed by atoms with E-state index in [4.69, 9.17) is 10.5 Å². The van der Waals surface area contributed by atoms with Crippen molar-refractivity contribution in [2.24, 2.45) is 5.73 Å². The van der Waals surface area contributed by atoms with Gasteiger partial charge in [-0.05, 0) is 51.0 Å². The summed E-state index contributed by atoms with van der Waals surface area (Å²) in [5.74, 6) is 0.921. The average Bonchev–Trinajstić information content (AvgIpc) is 2.45. The summed E-state index contributed by atoms with van der Waals surface area (Å²) >= 11 is 3.65.